The summed E-state index contributed by atoms with van der Waals surface area (Å²) < 4.78 is 5.84. The number of benzene rings is 1. The molecule has 1 aromatic rings. The first kappa shape index (κ1) is 15.8. The summed E-state index contributed by atoms with van der Waals surface area (Å²) in [6, 6.07) is 8.14. The van der Waals surface area contributed by atoms with Crippen LogP contribution in [0, 0.1) is 5.92 Å². The van der Waals surface area contributed by atoms with E-state index < -0.39 is 0 Å². The zero-order valence-electron chi connectivity index (χ0n) is 12.9. The number of carbonyl (C=O) groups is 1. The molecular formula is C17H23ClN2O2. The Bertz CT molecular complexity index is 537. The summed E-state index contributed by atoms with van der Waals surface area (Å²) in [6.45, 7) is 4.92. The van der Waals surface area contributed by atoms with Crippen LogP contribution in [0.15, 0.2) is 24.3 Å². The van der Waals surface area contributed by atoms with Crippen molar-refractivity contribution in [2.24, 2.45) is 5.92 Å². The van der Waals surface area contributed by atoms with Crippen LogP contribution >= 0.6 is 11.6 Å². The van der Waals surface area contributed by atoms with Crippen molar-refractivity contribution < 1.29 is 9.53 Å². The number of morpholine rings is 1. The highest BCUT2D eigenvalue weighted by Gasteiger charge is 2.32. The maximum atomic E-state index is 12.8. The van der Waals surface area contributed by atoms with Crippen molar-refractivity contribution in [1.29, 1.82) is 0 Å². The van der Waals surface area contributed by atoms with Crippen LogP contribution in [-0.4, -0.2) is 43.1 Å². The zero-order chi connectivity index (χ0) is 15.5. The molecule has 0 radical (unpaired) electrons. The average molecular weight is 323 g/mol. The van der Waals surface area contributed by atoms with Gasteiger partial charge in [-0.3, -0.25) is 4.79 Å². The number of hydrogen-bond acceptors (Lipinski definition) is 3. The van der Waals surface area contributed by atoms with Gasteiger partial charge in [-0.2, -0.15) is 0 Å². The van der Waals surface area contributed by atoms with Gasteiger partial charge in [0, 0.05) is 29.1 Å². The maximum absolute atomic E-state index is 12.8. The molecule has 1 aromatic carbocycles. The SMILES string of the molecule is C[C@H]1C[C@@H](C(=O)N2CCOC(c3ccccc3Cl)C2)CCN1. The van der Waals surface area contributed by atoms with Crippen molar-refractivity contribution in [2.45, 2.75) is 31.9 Å². The minimum absolute atomic E-state index is 0.120. The van der Waals surface area contributed by atoms with Gasteiger partial charge in [-0.15, -0.1) is 0 Å². The molecule has 0 spiro atoms. The van der Waals surface area contributed by atoms with Crippen LogP contribution in [0.1, 0.15) is 31.4 Å². The van der Waals surface area contributed by atoms with E-state index in [0.29, 0.717) is 30.8 Å². The zero-order valence-corrected chi connectivity index (χ0v) is 13.7. The van der Waals surface area contributed by atoms with Crippen molar-refractivity contribution >= 4 is 17.5 Å². The Hall–Kier alpha value is -1.10. The Labute approximate surface area is 136 Å². The van der Waals surface area contributed by atoms with Crippen molar-refractivity contribution in [3.8, 4) is 0 Å². The molecule has 5 heteroatoms. The summed E-state index contributed by atoms with van der Waals surface area (Å²) in [6.07, 6.45) is 1.73. The number of rotatable bonds is 2. The van der Waals surface area contributed by atoms with E-state index in [0.717, 1.165) is 24.9 Å². The Morgan fingerprint density at radius 2 is 2.23 bits per heavy atom. The first-order chi connectivity index (χ1) is 10.6. The first-order valence-corrected chi connectivity index (χ1v) is 8.41. The Balaban J connectivity index is 1.68. The van der Waals surface area contributed by atoms with Crippen molar-refractivity contribution in [3.05, 3.63) is 34.9 Å². The lowest BCUT2D eigenvalue weighted by Gasteiger charge is -2.37. The molecule has 2 aliphatic rings. The highest BCUT2D eigenvalue weighted by atomic mass is 35.5. The van der Waals surface area contributed by atoms with E-state index in [9.17, 15) is 4.79 Å². The Morgan fingerprint density at radius 1 is 1.41 bits per heavy atom. The van der Waals surface area contributed by atoms with Crippen molar-refractivity contribution in [1.82, 2.24) is 10.2 Å². The quantitative estimate of drug-likeness (QED) is 0.910. The lowest BCUT2D eigenvalue weighted by atomic mass is 9.91. The molecule has 4 nitrogen and oxygen atoms in total. The number of piperidine rings is 1. The highest BCUT2D eigenvalue weighted by Crippen LogP contribution is 2.29. The lowest BCUT2D eigenvalue weighted by molar-refractivity contribution is -0.144. The molecule has 2 saturated heterocycles. The molecule has 1 N–H and O–H groups in total. The number of carbonyl (C=O) groups excluding carboxylic acids is 1. The largest absolute Gasteiger partial charge is 0.370 e. The molecule has 2 heterocycles. The second-order valence-corrected chi connectivity index (χ2v) is 6.65. The van der Waals surface area contributed by atoms with Crippen LogP contribution in [0.3, 0.4) is 0 Å². The monoisotopic (exact) mass is 322 g/mol. The van der Waals surface area contributed by atoms with Crippen LogP contribution in [0.5, 0.6) is 0 Å². The molecular weight excluding hydrogens is 300 g/mol. The standard InChI is InChI=1S/C17H23ClN2O2/c1-12-10-13(6-7-19-12)17(21)20-8-9-22-16(11-20)14-4-2-3-5-15(14)18/h2-5,12-13,16,19H,6-11H2,1H3/t12-,13-,16?/m0/s1. The summed E-state index contributed by atoms with van der Waals surface area (Å²) in [5.41, 5.74) is 0.973. The van der Waals surface area contributed by atoms with Gasteiger partial charge >= 0.3 is 0 Å². The van der Waals surface area contributed by atoms with E-state index in [2.05, 4.69) is 12.2 Å². The van der Waals surface area contributed by atoms with Crippen molar-refractivity contribution in [3.63, 3.8) is 0 Å². The molecule has 120 valence electrons. The number of nitrogens with zero attached hydrogens (tertiary/aromatic N) is 1. The van der Waals surface area contributed by atoms with Gasteiger partial charge in [0.1, 0.15) is 6.10 Å². The maximum Gasteiger partial charge on any atom is 0.225 e. The minimum Gasteiger partial charge on any atom is -0.370 e. The Kier molecular flexibility index (Phi) is 5.01. The predicted octanol–water partition coefficient (Wildman–Crippen LogP) is 2.63. The van der Waals surface area contributed by atoms with E-state index in [1.54, 1.807) is 0 Å². The molecule has 3 atom stereocenters. The molecule has 0 aromatic heterocycles. The van der Waals surface area contributed by atoms with E-state index in [1.807, 2.05) is 29.2 Å². The summed E-state index contributed by atoms with van der Waals surface area (Å²) in [5.74, 6) is 0.412. The van der Waals surface area contributed by atoms with Crippen LogP contribution in [0.2, 0.25) is 5.02 Å². The van der Waals surface area contributed by atoms with Gasteiger partial charge in [-0.05, 0) is 32.4 Å². The fourth-order valence-corrected chi connectivity index (χ4v) is 3.65. The second kappa shape index (κ2) is 6.99. The molecule has 2 fully saturated rings. The molecule has 0 aliphatic carbocycles. The van der Waals surface area contributed by atoms with Crippen molar-refractivity contribution in [2.75, 3.05) is 26.2 Å². The normalized spacial score (nSPS) is 29.4. The fraction of sp³-hybridized carbons (Fsp3) is 0.588. The molecule has 3 rings (SSSR count). The molecule has 2 aliphatic heterocycles. The molecule has 0 bridgehead atoms. The predicted molar refractivity (Wildman–Crippen MR) is 86.9 cm³/mol. The molecule has 1 unspecified atom stereocenters. The Morgan fingerprint density at radius 3 is 3.00 bits per heavy atom. The van der Waals surface area contributed by atoms with Crippen LogP contribution < -0.4 is 5.32 Å². The fourth-order valence-electron chi connectivity index (χ4n) is 3.39. The number of amides is 1. The number of hydrogen-bond donors (Lipinski definition) is 1. The van der Waals surface area contributed by atoms with Gasteiger partial charge in [0.25, 0.3) is 0 Å². The number of ether oxygens (including phenoxy) is 1. The topological polar surface area (TPSA) is 41.6 Å². The van der Waals surface area contributed by atoms with Crippen LogP contribution in [-0.2, 0) is 9.53 Å². The van der Waals surface area contributed by atoms with Crippen LogP contribution in [0.4, 0.5) is 0 Å². The highest BCUT2D eigenvalue weighted by molar-refractivity contribution is 6.31. The van der Waals surface area contributed by atoms with Gasteiger partial charge in [0.05, 0.1) is 13.2 Å². The summed E-state index contributed by atoms with van der Waals surface area (Å²) >= 11 is 6.26. The van der Waals surface area contributed by atoms with Gasteiger partial charge in [-0.25, -0.2) is 0 Å². The summed E-state index contributed by atoms with van der Waals surface area (Å²) in [5, 5.41) is 4.10. The number of nitrogens with one attached hydrogen (secondary N) is 1. The lowest BCUT2D eigenvalue weighted by Crippen LogP contribution is -2.48. The van der Waals surface area contributed by atoms with E-state index >= 15 is 0 Å². The smallest absolute Gasteiger partial charge is 0.225 e. The minimum atomic E-state index is -0.120. The summed E-state index contributed by atoms with van der Waals surface area (Å²) in [4.78, 5) is 14.7. The van der Waals surface area contributed by atoms with Gasteiger partial charge in [-0.1, -0.05) is 29.8 Å². The van der Waals surface area contributed by atoms with Gasteiger partial charge < -0.3 is 15.0 Å². The molecule has 22 heavy (non-hydrogen) atoms. The third kappa shape index (κ3) is 3.45. The third-order valence-electron chi connectivity index (χ3n) is 4.60. The van der Waals surface area contributed by atoms with Gasteiger partial charge in [0.2, 0.25) is 5.91 Å². The first-order valence-electron chi connectivity index (χ1n) is 8.03. The van der Waals surface area contributed by atoms with E-state index in [1.165, 1.54) is 0 Å². The third-order valence-corrected chi connectivity index (χ3v) is 4.95. The molecule has 1 amide bonds. The average Bonchev–Trinajstić information content (AvgIpc) is 2.55. The summed E-state index contributed by atoms with van der Waals surface area (Å²) in [7, 11) is 0. The second-order valence-electron chi connectivity index (χ2n) is 6.24. The van der Waals surface area contributed by atoms with E-state index in [4.69, 9.17) is 16.3 Å². The molecule has 0 saturated carbocycles. The van der Waals surface area contributed by atoms with E-state index in [-0.39, 0.29) is 17.9 Å². The van der Waals surface area contributed by atoms with Gasteiger partial charge in [0.15, 0.2) is 0 Å². The number of halogens is 1. The van der Waals surface area contributed by atoms with Crippen LogP contribution in [0.25, 0.3) is 0 Å².